The van der Waals surface area contributed by atoms with Gasteiger partial charge in [-0.2, -0.15) is 0 Å². The van der Waals surface area contributed by atoms with Gasteiger partial charge >= 0.3 is 0 Å². The van der Waals surface area contributed by atoms with Gasteiger partial charge in [0.1, 0.15) is 0 Å². The SMILES string of the molecule is Cl.Cl.NS(=O)(=O)c1ccc(N2CCN(C(=O)C3CC34CCNCC4)CC2)cc1. The molecule has 2 aliphatic heterocycles. The minimum absolute atomic E-state index is 0. The lowest BCUT2D eigenvalue weighted by Crippen LogP contribution is -2.49. The van der Waals surface area contributed by atoms with Gasteiger partial charge in [-0.1, -0.05) is 0 Å². The van der Waals surface area contributed by atoms with Crippen LogP contribution >= 0.6 is 24.8 Å². The highest BCUT2D eigenvalue weighted by atomic mass is 35.5. The van der Waals surface area contributed by atoms with Crippen molar-refractivity contribution in [2.75, 3.05) is 44.2 Å². The van der Waals surface area contributed by atoms with Gasteiger partial charge in [-0.05, 0) is 62.0 Å². The lowest BCUT2D eigenvalue weighted by atomic mass is 9.91. The normalized spacial score (nSPS) is 23.5. The average molecular weight is 451 g/mol. The maximum atomic E-state index is 12.8. The summed E-state index contributed by atoms with van der Waals surface area (Å²) in [5.41, 5.74) is 1.24. The number of hydrogen-bond donors (Lipinski definition) is 2. The Morgan fingerprint density at radius 3 is 2.14 bits per heavy atom. The maximum absolute atomic E-state index is 12.8. The zero-order valence-corrected chi connectivity index (χ0v) is 18.1. The van der Waals surface area contributed by atoms with Crippen molar-refractivity contribution in [2.45, 2.75) is 24.2 Å². The number of sulfonamides is 1. The molecule has 2 heterocycles. The van der Waals surface area contributed by atoms with Crippen LogP contribution < -0.4 is 15.4 Å². The van der Waals surface area contributed by atoms with Crippen LogP contribution in [0.15, 0.2) is 29.2 Å². The van der Waals surface area contributed by atoms with E-state index in [9.17, 15) is 13.2 Å². The summed E-state index contributed by atoms with van der Waals surface area (Å²) < 4.78 is 22.7. The molecule has 158 valence electrons. The highest BCUT2D eigenvalue weighted by molar-refractivity contribution is 7.89. The van der Waals surface area contributed by atoms with Crippen LogP contribution in [0.25, 0.3) is 0 Å². The Balaban J connectivity index is 0.00000140. The average Bonchev–Trinajstić information content (AvgIpc) is 3.34. The molecule has 1 aromatic carbocycles. The number of benzene rings is 1. The van der Waals surface area contributed by atoms with Crippen molar-refractivity contribution in [3.8, 4) is 0 Å². The molecule has 1 unspecified atom stereocenters. The standard InChI is InChI=1S/C18H26N4O3S.2ClH/c19-26(24,25)15-3-1-14(2-4-15)21-9-11-22(12-10-21)17(23)16-13-18(16)5-7-20-8-6-18;;/h1-4,16,20H,5-13H2,(H2,19,24,25);2*1H. The Bertz CT molecular complexity index is 790. The van der Waals surface area contributed by atoms with Crippen molar-refractivity contribution in [1.82, 2.24) is 10.2 Å². The molecule has 1 saturated carbocycles. The number of amides is 1. The van der Waals surface area contributed by atoms with Gasteiger partial charge in [0.25, 0.3) is 0 Å². The molecule has 7 nitrogen and oxygen atoms in total. The minimum atomic E-state index is -3.66. The number of carbonyl (C=O) groups excluding carboxylic acids is 1. The van der Waals surface area contributed by atoms with E-state index < -0.39 is 10.0 Å². The van der Waals surface area contributed by atoms with Gasteiger partial charge in [0.05, 0.1) is 4.90 Å². The third kappa shape index (κ3) is 4.57. The number of halogens is 2. The van der Waals surface area contributed by atoms with Crippen LogP contribution in [-0.2, 0) is 14.8 Å². The molecule has 10 heteroatoms. The molecule has 3 aliphatic rings. The Morgan fingerprint density at radius 2 is 1.61 bits per heavy atom. The molecule has 0 bridgehead atoms. The van der Waals surface area contributed by atoms with Crippen LogP contribution in [0.2, 0.25) is 0 Å². The summed E-state index contributed by atoms with van der Waals surface area (Å²) in [6.07, 6.45) is 3.31. The van der Waals surface area contributed by atoms with Crippen LogP contribution in [0, 0.1) is 11.3 Å². The number of nitrogens with zero attached hydrogens (tertiary/aromatic N) is 2. The Kier molecular flexibility index (Phi) is 7.26. The molecule has 2 saturated heterocycles. The van der Waals surface area contributed by atoms with E-state index in [1.165, 1.54) is 12.1 Å². The zero-order chi connectivity index (χ0) is 18.4. The summed E-state index contributed by atoms with van der Waals surface area (Å²) in [6, 6.07) is 6.63. The first-order valence-electron chi connectivity index (χ1n) is 9.26. The molecule has 28 heavy (non-hydrogen) atoms. The number of anilines is 1. The van der Waals surface area contributed by atoms with Crippen molar-refractivity contribution in [3.05, 3.63) is 24.3 Å². The number of nitrogens with two attached hydrogens (primary N) is 1. The van der Waals surface area contributed by atoms with Gasteiger partial charge in [0.2, 0.25) is 15.9 Å². The second-order valence-corrected chi connectivity index (χ2v) is 9.28. The number of hydrogen-bond acceptors (Lipinski definition) is 5. The first-order valence-corrected chi connectivity index (χ1v) is 10.8. The van der Waals surface area contributed by atoms with E-state index in [0.29, 0.717) is 5.91 Å². The number of primary sulfonamides is 1. The van der Waals surface area contributed by atoms with Crippen molar-refractivity contribution in [2.24, 2.45) is 16.5 Å². The first kappa shape index (κ1) is 23.2. The van der Waals surface area contributed by atoms with Crippen LogP contribution in [0.5, 0.6) is 0 Å². The number of nitrogens with one attached hydrogen (secondary N) is 1. The highest BCUT2D eigenvalue weighted by Crippen LogP contribution is 2.59. The zero-order valence-electron chi connectivity index (χ0n) is 15.7. The number of carbonyl (C=O) groups is 1. The minimum Gasteiger partial charge on any atom is -0.368 e. The monoisotopic (exact) mass is 450 g/mol. The van der Waals surface area contributed by atoms with Crippen LogP contribution in [-0.4, -0.2) is 58.5 Å². The van der Waals surface area contributed by atoms with Gasteiger partial charge in [-0.25, -0.2) is 13.6 Å². The van der Waals surface area contributed by atoms with Gasteiger partial charge in [0.15, 0.2) is 0 Å². The second kappa shape index (κ2) is 8.75. The van der Waals surface area contributed by atoms with Gasteiger partial charge < -0.3 is 15.1 Å². The van der Waals surface area contributed by atoms with Gasteiger partial charge in [0, 0.05) is 37.8 Å². The van der Waals surface area contributed by atoms with E-state index in [2.05, 4.69) is 10.2 Å². The van der Waals surface area contributed by atoms with Crippen LogP contribution in [0.4, 0.5) is 5.69 Å². The van der Waals surface area contributed by atoms with Crippen LogP contribution in [0.1, 0.15) is 19.3 Å². The predicted octanol–water partition coefficient (Wildman–Crippen LogP) is 1.22. The number of piperazine rings is 1. The molecule has 1 atom stereocenters. The Morgan fingerprint density at radius 1 is 1.04 bits per heavy atom. The van der Waals surface area contributed by atoms with E-state index in [1.807, 2.05) is 4.90 Å². The molecular formula is C18H28Cl2N4O3S. The largest absolute Gasteiger partial charge is 0.368 e. The number of piperidine rings is 1. The summed E-state index contributed by atoms with van der Waals surface area (Å²) in [5, 5.41) is 8.52. The van der Waals surface area contributed by atoms with Gasteiger partial charge in [-0.15, -0.1) is 24.8 Å². The van der Waals surface area contributed by atoms with E-state index >= 15 is 0 Å². The van der Waals surface area contributed by atoms with Crippen molar-refractivity contribution in [3.63, 3.8) is 0 Å². The molecule has 1 spiro atoms. The first-order chi connectivity index (χ1) is 12.4. The van der Waals surface area contributed by atoms with Crippen LogP contribution in [0.3, 0.4) is 0 Å². The van der Waals surface area contributed by atoms with E-state index in [4.69, 9.17) is 5.14 Å². The van der Waals surface area contributed by atoms with E-state index in [0.717, 1.165) is 64.2 Å². The van der Waals surface area contributed by atoms with E-state index in [-0.39, 0.29) is 41.0 Å². The fourth-order valence-electron chi connectivity index (χ4n) is 4.43. The van der Waals surface area contributed by atoms with Crippen molar-refractivity contribution in [1.29, 1.82) is 0 Å². The summed E-state index contributed by atoms with van der Waals surface area (Å²) >= 11 is 0. The van der Waals surface area contributed by atoms with E-state index in [1.54, 1.807) is 12.1 Å². The smallest absolute Gasteiger partial charge is 0.238 e. The number of rotatable bonds is 3. The Hall–Kier alpha value is -1.06. The van der Waals surface area contributed by atoms with Crippen molar-refractivity contribution >= 4 is 46.4 Å². The summed E-state index contributed by atoms with van der Waals surface area (Å²) in [6.45, 7) is 5.04. The molecule has 0 aromatic heterocycles. The summed E-state index contributed by atoms with van der Waals surface area (Å²) in [7, 11) is -3.66. The maximum Gasteiger partial charge on any atom is 0.238 e. The quantitative estimate of drug-likeness (QED) is 0.721. The third-order valence-electron chi connectivity index (χ3n) is 6.21. The highest BCUT2D eigenvalue weighted by Gasteiger charge is 2.58. The molecule has 3 fully saturated rings. The Labute approximate surface area is 178 Å². The lowest BCUT2D eigenvalue weighted by molar-refractivity contribution is -0.133. The summed E-state index contributed by atoms with van der Waals surface area (Å²) in [5.74, 6) is 0.557. The molecular weight excluding hydrogens is 423 g/mol. The van der Waals surface area contributed by atoms with Crippen molar-refractivity contribution < 1.29 is 13.2 Å². The molecule has 1 aromatic rings. The van der Waals surface area contributed by atoms with Gasteiger partial charge in [-0.3, -0.25) is 4.79 Å². The predicted molar refractivity (Wildman–Crippen MR) is 114 cm³/mol. The summed E-state index contributed by atoms with van der Waals surface area (Å²) in [4.78, 5) is 17.2. The molecule has 1 amide bonds. The fourth-order valence-corrected chi connectivity index (χ4v) is 4.94. The lowest BCUT2D eigenvalue weighted by Gasteiger charge is -2.37. The second-order valence-electron chi connectivity index (χ2n) is 7.72. The molecule has 0 radical (unpaired) electrons. The molecule has 4 rings (SSSR count). The molecule has 3 N–H and O–H groups in total. The molecule has 1 aliphatic carbocycles. The fraction of sp³-hybridized carbons (Fsp3) is 0.611. The topological polar surface area (TPSA) is 95.7 Å². The third-order valence-corrected chi connectivity index (χ3v) is 7.14.